The fourth-order valence-electron chi connectivity index (χ4n) is 1.76. The van der Waals surface area contributed by atoms with Crippen molar-refractivity contribution >= 4 is 33.5 Å². The van der Waals surface area contributed by atoms with Crippen molar-refractivity contribution in [1.29, 1.82) is 0 Å². The highest BCUT2D eigenvalue weighted by molar-refractivity contribution is 9.10. The van der Waals surface area contributed by atoms with Gasteiger partial charge in [0, 0.05) is 23.1 Å². The van der Waals surface area contributed by atoms with Crippen molar-refractivity contribution in [1.82, 2.24) is 14.8 Å². The lowest BCUT2D eigenvalue weighted by Crippen LogP contribution is -2.07. The fourth-order valence-corrected chi connectivity index (χ4v) is 2.32. The molecule has 6 heteroatoms. The van der Waals surface area contributed by atoms with Crippen LogP contribution in [0.1, 0.15) is 13.8 Å². The van der Waals surface area contributed by atoms with E-state index in [1.54, 1.807) is 0 Å². The second kappa shape index (κ2) is 5.71. The van der Waals surface area contributed by atoms with Gasteiger partial charge in [-0.1, -0.05) is 27.5 Å². The molecule has 96 valence electrons. The summed E-state index contributed by atoms with van der Waals surface area (Å²) in [5.74, 6) is 1.55. The molecule has 0 fully saturated rings. The van der Waals surface area contributed by atoms with E-state index in [-0.39, 0.29) is 0 Å². The van der Waals surface area contributed by atoms with Crippen LogP contribution in [0.4, 0.5) is 5.95 Å². The second-order valence-corrected chi connectivity index (χ2v) is 5.07. The quantitative estimate of drug-likeness (QED) is 0.927. The average molecular weight is 330 g/mol. The molecule has 0 saturated carbocycles. The smallest absolute Gasteiger partial charge is 0.224 e. The highest BCUT2D eigenvalue weighted by Crippen LogP contribution is 2.30. The molecule has 1 aromatic carbocycles. The molecule has 0 aliphatic rings. The lowest BCUT2D eigenvalue weighted by atomic mass is 10.2. The first-order valence-corrected chi connectivity index (χ1v) is 6.97. The Kier molecular flexibility index (Phi) is 4.24. The fraction of sp³-hybridized carbons (Fsp3) is 0.333. The number of nitrogens with zero attached hydrogens (tertiary/aromatic N) is 3. The van der Waals surface area contributed by atoms with Gasteiger partial charge in [-0.25, -0.2) is 0 Å². The van der Waals surface area contributed by atoms with Gasteiger partial charge in [0.1, 0.15) is 0 Å². The van der Waals surface area contributed by atoms with Gasteiger partial charge < -0.3 is 5.32 Å². The molecule has 1 aromatic heterocycles. The molecule has 0 saturated heterocycles. The van der Waals surface area contributed by atoms with Gasteiger partial charge in [-0.15, -0.1) is 10.2 Å². The maximum absolute atomic E-state index is 6.22. The van der Waals surface area contributed by atoms with E-state index >= 15 is 0 Å². The molecule has 1 heterocycles. The predicted molar refractivity (Wildman–Crippen MR) is 78.0 cm³/mol. The topological polar surface area (TPSA) is 42.7 Å². The van der Waals surface area contributed by atoms with Crippen molar-refractivity contribution < 1.29 is 0 Å². The minimum absolute atomic E-state index is 0.670. The minimum Gasteiger partial charge on any atom is -0.355 e. The van der Waals surface area contributed by atoms with Crippen LogP contribution in [0.2, 0.25) is 5.02 Å². The molecule has 4 nitrogen and oxygen atoms in total. The summed E-state index contributed by atoms with van der Waals surface area (Å²) in [4.78, 5) is 0. The average Bonchev–Trinajstić information content (AvgIpc) is 2.75. The van der Waals surface area contributed by atoms with Gasteiger partial charge in [0.05, 0.1) is 5.02 Å². The Morgan fingerprint density at radius 1 is 1.33 bits per heavy atom. The lowest BCUT2D eigenvalue weighted by Gasteiger charge is -2.09. The van der Waals surface area contributed by atoms with E-state index in [0.717, 1.165) is 34.9 Å². The molecule has 2 aromatic rings. The molecule has 0 aliphatic carbocycles. The molecule has 2 rings (SSSR count). The van der Waals surface area contributed by atoms with E-state index in [9.17, 15) is 0 Å². The summed E-state index contributed by atoms with van der Waals surface area (Å²) in [7, 11) is 0. The van der Waals surface area contributed by atoms with Gasteiger partial charge >= 0.3 is 0 Å². The molecular weight excluding hydrogens is 316 g/mol. The van der Waals surface area contributed by atoms with Crippen molar-refractivity contribution in [3.63, 3.8) is 0 Å². The van der Waals surface area contributed by atoms with E-state index in [0.29, 0.717) is 5.02 Å². The molecule has 0 radical (unpaired) electrons. The Bertz CT molecular complexity index is 553. The van der Waals surface area contributed by atoms with Crippen LogP contribution in [-0.4, -0.2) is 21.3 Å². The van der Waals surface area contributed by atoms with Gasteiger partial charge in [0.15, 0.2) is 5.82 Å². The second-order valence-electron chi connectivity index (χ2n) is 3.75. The minimum atomic E-state index is 0.670. The van der Waals surface area contributed by atoms with E-state index in [1.807, 2.05) is 29.7 Å². The zero-order valence-electron chi connectivity index (χ0n) is 10.2. The van der Waals surface area contributed by atoms with Crippen molar-refractivity contribution in [3.8, 4) is 11.4 Å². The Morgan fingerprint density at radius 3 is 2.78 bits per heavy atom. The van der Waals surface area contributed by atoms with Crippen LogP contribution in [0, 0.1) is 0 Å². The van der Waals surface area contributed by atoms with E-state index in [2.05, 4.69) is 38.4 Å². The van der Waals surface area contributed by atoms with Crippen molar-refractivity contribution in [2.75, 3.05) is 11.9 Å². The van der Waals surface area contributed by atoms with Crippen molar-refractivity contribution in [3.05, 3.63) is 27.7 Å². The summed E-state index contributed by atoms with van der Waals surface area (Å²) >= 11 is 9.67. The molecule has 0 bridgehead atoms. The Balaban J connectivity index is 2.53. The number of rotatable bonds is 4. The first kappa shape index (κ1) is 13.4. The maximum atomic E-state index is 6.22. The third-order valence-corrected chi connectivity index (χ3v) is 3.39. The third-order valence-electron chi connectivity index (χ3n) is 2.57. The standard InChI is InChI=1S/C12H14BrClN4/c1-3-15-12-17-16-11(18(12)4-2)9-7-8(13)5-6-10(9)14/h5-7H,3-4H2,1-2H3,(H,15,17). The highest BCUT2D eigenvalue weighted by Gasteiger charge is 2.14. The number of hydrogen-bond donors (Lipinski definition) is 1. The molecular formula is C12H14BrClN4. The Morgan fingerprint density at radius 2 is 2.11 bits per heavy atom. The zero-order valence-corrected chi connectivity index (χ0v) is 12.6. The van der Waals surface area contributed by atoms with E-state index in [1.165, 1.54) is 0 Å². The van der Waals surface area contributed by atoms with Crippen molar-refractivity contribution in [2.45, 2.75) is 20.4 Å². The number of halogens is 2. The van der Waals surface area contributed by atoms with Crippen LogP contribution in [0.3, 0.4) is 0 Å². The zero-order chi connectivity index (χ0) is 13.1. The highest BCUT2D eigenvalue weighted by atomic mass is 79.9. The molecule has 18 heavy (non-hydrogen) atoms. The maximum Gasteiger partial charge on any atom is 0.224 e. The Hall–Kier alpha value is -1.07. The Labute approximate surface area is 119 Å². The lowest BCUT2D eigenvalue weighted by molar-refractivity contribution is 0.770. The molecule has 0 atom stereocenters. The summed E-state index contributed by atoms with van der Waals surface area (Å²) in [5, 5.41) is 12.2. The van der Waals surface area contributed by atoms with Crippen LogP contribution < -0.4 is 5.32 Å². The number of benzene rings is 1. The molecule has 0 unspecified atom stereocenters. The van der Waals surface area contributed by atoms with Gasteiger partial charge in [-0.2, -0.15) is 0 Å². The number of anilines is 1. The first-order valence-electron chi connectivity index (χ1n) is 5.79. The summed E-state index contributed by atoms with van der Waals surface area (Å²) in [5.41, 5.74) is 0.879. The number of hydrogen-bond acceptors (Lipinski definition) is 3. The normalized spacial score (nSPS) is 10.7. The van der Waals surface area contributed by atoms with Gasteiger partial charge in [0.2, 0.25) is 5.95 Å². The summed E-state index contributed by atoms with van der Waals surface area (Å²) in [6.45, 7) is 5.68. The number of nitrogens with one attached hydrogen (secondary N) is 1. The van der Waals surface area contributed by atoms with Gasteiger partial charge in [0.25, 0.3) is 0 Å². The summed E-state index contributed by atoms with van der Waals surface area (Å²) in [6, 6.07) is 5.71. The van der Waals surface area contributed by atoms with Crippen LogP contribution in [0.5, 0.6) is 0 Å². The van der Waals surface area contributed by atoms with Gasteiger partial charge in [-0.05, 0) is 32.0 Å². The van der Waals surface area contributed by atoms with Crippen LogP contribution in [-0.2, 0) is 6.54 Å². The van der Waals surface area contributed by atoms with Crippen LogP contribution in [0.25, 0.3) is 11.4 Å². The monoisotopic (exact) mass is 328 g/mol. The summed E-state index contributed by atoms with van der Waals surface area (Å²) in [6.07, 6.45) is 0. The molecule has 0 aliphatic heterocycles. The SMILES string of the molecule is CCNc1nnc(-c2cc(Br)ccc2Cl)n1CC. The first-order chi connectivity index (χ1) is 8.67. The van der Waals surface area contributed by atoms with Crippen LogP contribution >= 0.6 is 27.5 Å². The van der Waals surface area contributed by atoms with Crippen molar-refractivity contribution in [2.24, 2.45) is 0 Å². The number of aromatic nitrogens is 3. The third kappa shape index (κ3) is 2.52. The van der Waals surface area contributed by atoms with E-state index in [4.69, 9.17) is 11.6 Å². The molecule has 0 spiro atoms. The molecule has 0 amide bonds. The largest absolute Gasteiger partial charge is 0.355 e. The summed E-state index contributed by atoms with van der Waals surface area (Å²) < 4.78 is 2.98. The molecule has 1 N–H and O–H groups in total. The van der Waals surface area contributed by atoms with Gasteiger partial charge in [-0.3, -0.25) is 4.57 Å². The predicted octanol–water partition coefficient (Wildman–Crippen LogP) is 3.81. The van der Waals surface area contributed by atoms with E-state index < -0.39 is 0 Å². The van der Waals surface area contributed by atoms with Crippen LogP contribution in [0.15, 0.2) is 22.7 Å².